The third kappa shape index (κ3) is 3.01. The summed E-state index contributed by atoms with van der Waals surface area (Å²) in [5.41, 5.74) is 1.88. The molecule has 0 unspecified atom stereocenters. The van der Waals surface area contributed by atoms with Crippen molar-refractivity contribution in [3.05, 3.63) is 39.0 Å². The van der Waals surface area contributed by atoms with Crippen LogP contribution in [-0.4, -0.2) is 51.1 Å². The lowest BCUT2D eigenvalue weighted by Gasteiger charge is -2.36. The van der Waals surface area contributed by atoms with Crippen molar-refractivity contribution in [1.29, 1.82) is 0 Å². The molecule has 0 bridgehead atoms. The van der Waals surface area contributed by atoms with Gasteiger partial charge in [0, 0.05) is 46.0 Å². The topological polar surface area (TPSA) is 70.1 Å². The van der Waals surface area contributed by atoms with Crippen molar-refractivity contribution < 1.29 is 0 Å². The number of H-pyrrole nitrogens is 1. The lowest BCUT2D eigenvalue weighted by atomic mass is 10.2. The summed E-state index contributed by atoms with van der Waals surface area (Å²) in [5.74, 6) is 0. The lowest BCUT2D eigenvalue weighted by molar-refractivity contribution is 0.243. The van der Waals surface area contributed by atoms with Crippen molar-refractivity contribution >= 4 is 21.6 Å². The Morgan fingerprint density at radius 2 is 2.10 bits per heavy atom. The van der Waals surface area contributed by atoms with Gasteiger partial charge in [-0.2, -0.15) is 10.2 Å². The molecule has 0 aliphatic carbocycles. The Morgan fingerprint density at radius 1 is 1.33 bits per heavy atom. The molecule has 3 heterocycles. The molecule has 2 aromatic rings. The first-order valence-electron chi connectivity index (χ1n) is 6.82. The molecule has 21 heavy (non-hydrogen) atoms. The zero-order chi connectivity index (χ0) is 14.8. The third-order valence-electron chi connectivity index (χ3n) is 3.80. The van der Waals surface area contributed by atoms with Crippen molar-refractivity contribution in [2.75, 3.05) is 31.1 Å². The second-order valence-electron chi connectivity index (χ2n) is 5.11. The fourth-order valence-corrected chi connectivity index (χ4v) is 2.97. The Balaban J connectivity index is 1.64. The van der Waals surface area contributed by atoms with Gasteiger partial charge in [0.1, 0.15) is 4.47 Å². The molecule has 2 aromatic heterocycles. The van der Waals surface area contributed by atoms with Gasteiger partial charge in [-0.1, -0.05) is 0 Å². The summed E-state index contributed by atoms with van der Waals surface area (Å²) in [6.07, 6.45) is 3.52. The molecule has 0 aromatic carbocycles. The zero-order valence-corrected chi connectivity index (χ0v) is 13.4. The van der Waals surface area contributed by atoms with E-state index in [9.17, 15) is 4.79 Å². The van der Waals surface area contributed by atoms with E-state index >= 15 is 0 Å². The van der Waals surface area contributed by atoms with E-state index in [2.05, 4.69) is 41.0 Å². The Hall–Kier alpha value is -1.67. The summed E-state index contributed by atoms with van der Waals surface area (Å²) in [4.78, 5) is 16.2. The maximum atomic E-state index is 11.6. The fraction of sp³-hybridized carbons (Fsp3) is 0.462. The number of aryl methyl sites for hydroxylation is 1. The zero-order valence-electron chi connectivity index (χ0n) is 11.8. The van der Waals surface area contributed by atoms with E-state index in [-0.39, 0.29) is 5.56 Å². The van der Waals surface area contributed by atoms with Gasteiger partial charge >= 0.3 is 0 Å². The van der Waals surface area contributed by atoms with Crippen LogP contribution in [0.2, 0.25) is 0 Å². The monoisotopic (exact) mass is 352 g/mol. The van der Waals surface area contributed by atoms with E-state index in [1.54, 1.807) is 6.20 Å². The molecule has 1 saturated heterocycles. The molecular weight excluding hydrogens is 336 g/mol. The summed E-state index contributed by atoms with van der Waals surface area (Å²) >= 11 is 3.34. The molecule has 1 aliphatic heterocycles. The Morgan fingerprint density at radius 3 is 2.76 bits per heavy atom. The molecule has 0 saturated carbocycles. The van der Waals surface area contributed by atoms with Crippen molar-refractivity contribution in [2.45, 2.75) is 6.54 Å². The maximum Gasteiger partial charge on any atom is 0.280 e. The molecule has 0 atom stereocenters. The van der Waals surface area contributed by atoms with Gasteiger partial charge < -0.3 is 4.90 Å². The number of piperazine rings is 1. The number of nitrogens with zero attached hydrogens (tertiary/aromatic N) is 5. The molecule has 1 aliphatic rings. The van der Waals surface area contributed by atoms with E-state index in [1.807, 2.05) is 24.0 Å². The molecule has 1 fully saturated rings. The highest BCUT2D eigenvalue weighted by atomic mass is 79.9. The van der Waals surface area contributed by atoms with Crippen LogP contribution in [0.1, 0.15) is 5.69 Å². The van der Waals surface area contributed by atoms with Gasteiger partial charge in [-0.3, -0.25) is 14.4 Å². The number of halogens is 1. The van der Waals surface area contributed by atoms with Gasteiger partial charge in [0.05, 0.1) is 17.6 Å². The quantitative estimate of drug-likeness (QED) is 0.875. The van der Waals surface area contributed by atoms with Gasteiger partial charge in [0.15, 0.2) is 0 Å². The minimum Gasteiger partial charge on any atom is -0.367 e. The molecule has 1 N–H and O–H groups in total. The normalized spacial score (nSPS) is 16.4. The number of hydrogen-bond donors (Lipinski definition) is 1. The summed E-state index contributed by atoms with van der Waals surface area (Å²) in [6, 6.07) is 2.05. The standard InChI is InChI=1S/C13H17BrN6O/c1-18-10(2-3-16-18)9-19-4-6-20(7-5-19)11-8-15-17-13(21)12(11)14/h2-3,8H,4-7,9H2,1H3,(H,17,21). The first-order valence-corrected chi connectivity index (χ1v) is 7.62. The van der Waals surface area contributed by atoms with Crippen molar-refractivity contribution in [1.82, 2.24) is 24.9 Å². The molecular formula is C13H17BrN6O. The molecule has 0 spiro atoms. The lowest BCUT2D eigenvalue weighted by Crippen LogP contribution is -2.46. The van der Waals surface area contributed by atoms with E-state index in [0.717, 1.165) is 38.4 Å². The number of rotatable bonds is 3. The average molecular weight is 353 g/mol. The largest absolute Gasteiger partial charge is 0.367 e. The smallest absolute Gasteiger partial charge is 0.280 e. The molecule has 8 heteroatoms. The van der Waals surface area contributed by atoms with Crippen LogP contribution in [0.3, 0.4) is 0 Å². The van der Waals surface area contributed by atoms with E-state index in [0.29, 0.717) is 4.47 Å². The van der Waals surface area contributed by atoms with E-state index in [4.69, 9.17) is 0 Å². The molecule has 112 valence electrons. The van der Waals surface area contributed by atoms with Crippen molar-refractivity contribution in [2.24, 2.45) is 7.05 Å². The highest BCUT2D eigenvalue weighted by Gasteiger charge is 2.20. The second kappa shape index (κ2) is 5.98. The molecule has 0 radical (unpaired) electrons. The summed E-state index contributed by atoms with van der Waals surface area (Å²) in [6.45, 7) is 4.55. The maximum absolute atomic E-state index is 11.6. The first-order chi connectivity index (χ1) is 10.1. The summed E-state index contributed by atoms with van der Waals surface area (Å²) in [7, 11) is 1.96. The van der Waals surface area contributed by atoms with Crippen LogP contribution in [0.5, 0.6) is 0 Å². The van der Waals surface area contributed by atoms with Crippen LogP contribution in [0.4, 0.5) is 5.69 Å². The minimum absolute atomic E-state index is 0.190. The van der Waals surface area contributed by atoms with E-state index < -0.39 is 0 Å². The summed E-state index contributed by atoms with van der Waals surface area (Å²) < 4.78 is 2.46. The van der Waals surface area contributed by atoms with E-state index in [1.165, 1.54) is 5.69 Å². The average Bonchev–Trinajstić information content (AvgIpc) is 2.88. The predicted octanol–water partition coefficient (Wildman–Crippen LogP) is 0.588. The number of anilines is 1. The highest BCUT2D eigenvalue weighted by molar-refractivity contribution is 9.10. The van der Waals surface area contributed by atoms with Crippen LogP contribution in [0.15, 0.2) is 27.7 Å². The van der Waals surface area contributed by atoms with Gasteiger partial charge in [0.25, 0.3) is 5.56 Å². The van der Waals surface area contributed by atoms with Gasteiger partial charge in [-0.25, -0.2) is 5.10 Å². The Bertz CT molecular complexity index is 673. The second-order valence-corrected chi connectivity index (χ2v) is 5.90. The fourth-order valence-electron chi connectivity index (χ4n) is 2.53. The molecule has 3 rings (SSSR count). The highest BCUT2D eigenvalue weighted by Crippen LogP contribution is 2.22. The molecule has 7 nitrogen and oxygen atoms in total. The van der Waals surface area contributed by atoms with Crippen LogP contribution >= 0.6 is 15.9 Å². The minimum atomic E-state index is -0.190. The molecule has 0 amide bonds. The Labute approximate surface area is 130 Å². The van der Waals surface area contributed by atoms with Crippen LogP contribution < -0.4 is 10.5 Å². The van der Waals surface area contributed by atoms with Crippen molar-refractivity contribution in [3.8, 4) is 0 Å². The number of aromatic amines is 1. The number of nitrogens with one attached hydrogen (secondary N) is 1. The van der Waals surface area contributed by atoms with Crippen LogP contribution in [0, 0.1) is 0 Å². The van der Waals surface area contributed by atoms with Crippen LogP contribution in [-0.2, 0) is 13.6 Å². The first kappa shape index (κ1) is 14.3. The number of aromatic nitrogens is 4. The third-order valence-corrected chi connectivity index (χ3v) is 4.56. The predicted molar refractivity (Wildman–Crippen MR) is 83.3 cm³/mol. The van der Waals surface area contributed by atoms with Gasteiger partial charge in [0.2, 0.25) is 0 Å². The van der Waals surface area contributed by atoms with Crippen LogP contribution in [0.25, 0.3) is 0 Å². The summed E-state index contributed by atoms with van der Waals surface area (Å²) in [5, 5.41) is 10.5. The SMILES string of the molecule is Cn1nccc1CN1CCN(c2cn[nH]c(=O)c2Br)CC1. The van der Waals surface area contributed by atoms with Gasteiger partial charge in [-0.05, 0) is 22.0 Å². The number of hydrogen-bond acceptors (Lipinski definition) is 5. The van der Waals surface area contributed by atoms with Crippen molar-refractivity contribution in [3.63, 3.8) is 0 Å². The van der Waals surface area contributed by atoms with Gasteiger partial charge in [-0.15, -0.1) is 0 Å². The Kier molecular flexibility index (Phi) is 4.07.